The molecule has 2 N–H and O–H groups in total. The summed E-state index contributed by atoms with van der Waals surface area (Å²) >= 11 is 0. The Kier molecular flexibility index (Phi) is 6.51. The predicted molar refractivity (Wildman–Crippen MR) is 70.0 cm³/mol. The Morgan fingerprint density at radius 3 is 1.67 bits per heavy atom. The second-order valence-electron chi connectivity index (χ2n) is 5.84. The molecule has 92 valence electrons. The highest BCUT2D eigenvalue weighted by molar-refractivity contribution is 4.93. The Hall–Kier alpha value is -0.0400. The van der Waals surface area contributed by atoms with E-state index >= 15 is 0 Å². The first kappa shape index (κ1) is 15.0. The zero-order valence-electron chi connectivity index (χ0n) is 11.5. The van der Waals surface area contributed by atoms with Crippen LogP contribution in [0.15, 0.2) is 0 Å². The Morgan fingerprint density at radius 2 is 1.27 bits per heavy atom. The standard InChI is InChI=1S/C14H31N/c1-6-8-10-12-14(5,11-9-7-2)13(3,4)15/h6-12,15H2,1-5H3. The molecule has 0 aliphatic rings. The van der Waals surface area contributed by atoms with E-state index in [-0.39, 0.29) is 5.54 Å². The second kappa shape index (κ2) is 6.52. The van der Waals surface area contributed by atoms with E-state index in [9.17, 15) is 0 Å². The second-order valence-corrected chi connectivity index (χ2v) is 5.84. The molecule has 1 unspecified atom stereocenters. The Labute approximate surface area is 96.8 Å². The highest BCUT2D eigenvalue weighted by Crippen LogP contribution is 2.39. The van der Waals surface area contributed by atoms with Gasteiger partial charge in [0.1, 0.15) is 0 Å². The maximum absolute atomic E-state index is 6.34. The van der Waals surface area contributed by atoms with Crippen LogP contribution in [-0.2, 0) is 0 Å². The number of nitrogens with two attached hydrogens (primary N) is 1. The molecule has 0 fully saturated rings. The van der Waals surface area contributed by atoms with Crippen LogP contribution in [0.1, 0.15) is 79.6 Å². The molecule has 0 aromatic heterocycles. The molecular weight excluding hydrogens is 182 g/mol. The molecule has 0 saturated carbocycles. The molecule has 0 aliphatic carbocycles. The van der Waals surface area contributed by atoms with E-state index in [4.69, 9.17) is 5.73 Å². The molecule has 0 aliphatic heterocycles. The van der Waals surface area contributed by atoms with Gasteiger partial charge in [-0.25, -0.2) is 0 Å². The van der Waals surface area contributed by atoms with Gasteiger partial charge in [-0.2, -0.15) is 0 Å². The van der Waals surface area contributed by atoms with Crippen molar-refractivity contribution in [2.75, 3.05) is 0 Å². The first-order valence-electron chi connectivity index (χ1n) is 6.66. The molecule has 0 aromatic carbocycles. The van der Waals surface area contributed by atoms with Gasteiger partial charge in [0, 0.05) is 5.54 Å². The Morgan fingerprint density at radius 1 is 0.800 bits per heavy atom. The van der Waals surface area contributed by atoms with E-state index in [1.54, 1.807) is 0 Å². The molecule has 0 radical (unpaired) electrons. The van der Waals surface area contributed by atoms with Crippen molar-refractivity contribution in [1.82, 2.24) is 0 Å². The molecule has 0 aromatic rings. The highest BCUT2D eigenvalue weighted by Gasteiger charge is 2.36. The van der Waals surface area contributed by atoms with Crippen LogP contribution in [0.4, 0.5) is 0 Å². The van der Waals surface area contributed by atoms with Crippen LogP contribution in [0, 0.1) is 5.41 Å². The van der Waals surface area contributed by atoms with Crippen molar-refractivity contribution in [2.24, 2.45) is 11.1 Å². The van der Waals surface area contributed by atoms with Crippen molar-refractivity contribution in [3.8, 4) is 0 Å². The third kappa shape index (κ3) is 5.01. The first-order valence-corrected chi connectivity index (χ1v) is 6.66. The number of hydrogen-bond donors (Lipinski definition) is 1. The molecule has 0 bridgehead atoms. The summed E-state index contributed by atoms with van der Waals surface area (Å²) < 4.78 is 0. The summed E-state index contributed by atoms with van der Waals surface area (Å²) in [6.07, 6.45) is 9.12. The SMILES string of the molecule is CCCCCC(C)(CCCC)C(C)(C)N. The van der Waals surface area contributed by atoms with Gasteiger partial charge >= 0.3 is 0 Å². The van der Waals surface area contributed by atoms with Crippen LogP contribution in [0.25, 0.3) is 0 Å². The summed E-state index contributed by atoms with van der Waals surface area (Å²) in [7, 11) is 0. The topological polar surface area (TPSA) is 26.0 Å². The van der Waals surface area contributed by atoms with E-state index in [0.717, 1.165) is 0 Å². The molecule has 15 heavy (non-hydrogen) atoms. The quantitative estimate of drug-likeness (QED) is 0.590. The monoisotopic (exact) mass is 213 g/mol. The molecule has 0 rings (SSSR count). The first-order chi connectivity index (χ1) is 6.87. The summed E-state index contributed by atoms with van der Waals surface area (Å²) in [5, 5.41) is 0. The van der Waals surface area contributed by atoms with Crippen LogP contribution < -0.4 is 5.73 Å². The zero-order chi connectivity index (χ0) is 11.9. The maximum Gasteiger partial charge on any atom is 0.0151 e. The van der Waals surface area contributed by atoms with Crippen LogP contribution in [0.5, 0.6) is 0 Å². The van der Waals surface area contributed by atoms with Gasteiger partial charge in [0.2, 0.25) is 0 Å². The smallest absolute Gasteiger partial charge is 0.0151 e. The third-order valence-electron chi connectivity index (χ3n) is 3.97. The molecule has 0 spiro atoms. The number of rotatable bonds is 8. The van der Waals surface area contributed by atoms with Crippen LogP contribution in [0.2, 0.25) is 0 Å². The van der Waals surface area contributed by atoms with Crippen molar-refractivity contribution in [3.05, 3.63) is 0 Å². The number of hydrogen-bond acceptors (Lipinski definition) is 1. The largest absolute Gasteiger partial charge is 0.325 e. The molecule has 0 heterocycles. The molecular formula is C14H31N. The van der Waals surface area contributed by atoms with Crippen LogP contribution in [0.3, 0.4) is 0 Å². The minimum Gasteiger partial charge on any atom is -0.325 e. The minimum atomic E-state index is -0.0457. The van der Waals surface area contributed by atoms with Gasteiger partial charge in [-0.3, -0.25) is 0 Å². The van der Waals surface area contributed by atoms with E-state index in [1.165, 1.54) is 44.9 Å². The van der Waals surface area contributed by atoms with Gasteiger partial charge < -0.3 is 5.73 Å². The lowest BCUT2D eigenvalue weighted by Crippen LogP contribution is -2.49. The van der Waals surface area contributed by atoms with Crippen molar-refractivity contribution in [2.45, 2.75) is 85.1 Å². The van der Waals surface area contributed by atoms with E-state index < -0.39 is 0 Å². The highest BCUT2D eigenvalue weighted by atomic mass is 14.8. The van der Waals surface area contributed by atoms with Crippen molar-refractivity contribution in [3.63, 3.8) is 0 Å². The molecule has 1 atom stereocenters. The molecule has 1 nitrogen and oxygen atoms in total. The summed E-state index contributed by atoms with van der Waals surface area (Å²) in [6.45, 7) is 11.3. The fraction of sp³-hybridized carbons (Fsp3) is 1.00. The van der Waals surface area contributed by atoms with Gasteiger partial charge in [-0.15, -0.1) is 0 Å². The minimum absolute atomic E-state index is 0.0457. The summed E-state index contributed by atoms with van der Waals surface area (Å²) in [6, 6.07) is 0. The van der Waals surface area contributed by atoms with Gasteiger partial charge in [-0.1, -0.05) is 52.9 Å². The van der Waals surface area contributed by atoms with Crippen molar-refractivity contribution >= 4 is 0 Å². The molecule has 0 saturated heterocycles. The van der Waals surface area contributed by atoms with Gasteiger partial charge in [0.15, 0.2) is 0 Å². The third-order valence-corrected chi connectivity index (χ3v) is 3.97. The fourth-order valence-corrected chi connectivity index (χ4v) is 2.10. The van der Waals surface area contributed by atoms with Crippen LogP contribution in [-0.4, -0.2) is 5.54 Å². The molecule has 0 amide bonds. The lowest BCUT2D eigenvalue weighted by atomic mass is 9.67. The average Bonchev–Trinajstić information content (AvgIpc) is 2.13. The van der Waals surface area contributed by atoms with Crippen LogP contribution >= 0.6 is 0 Å². The fourth-order valence-electron chi connectivity index (χ4n) is 2.10. The predicted octanol–water partition coefficient (Wildman–Crippen LogP) is 4.50. The van der Waals surface area contributed by atoms with Gasteiger partial charge in [0.05, 0.1) is 0 Å². The Bertz CT molecular complexity index is 157. The van der Waals surface area contributed by atoms with Crippen molar-refractivity contribution in [1.29, 1.82) is 0 Å². The lowest BCUT2D eigenvalue weighted by Gasteiger charge is -2.42. The Balaban J connectivity index is 4.28. The summed E-state index contributed by atoms with van der Waals surface area (Å²) in [5.74, 6) is 0. The summed E-state index contributed by atoms with van der Waals surface area (Å²) in [4.78, 5) is 0. The normalized spacial score (nSPS) is 16.4. The van der Waals surface area contributed by atoms with E-state index in [2.05, 4.69) is 34.6 Å². The van der Waals surface area contributed by atoms with E-state index in [0.29, 0.717) is 5.41 Å². The lowest BCUT2D eigenvalue weighted by molar-refractivity contribution is 0.136. The van der Waals surface area contributed by atoms with Crippen molar-refractivity contribution < 1.29 is 0 Å². The zero-order valence-corrected chi connectivity index (χ0v) is 11.5. The summed E-state index contributed by atoms with van der Waals surface area (Å²) in [5.41, 5.74) is 6.61. The average molecular weight is 213 g/mol. The van der Waals surface area contributed by atoms with Gasteiger partial charge in [0.25, 0.3) is 0 Å². The maximum atomic E-state index is 6.34. The molecule has 1 heteroatoms. The van der Waals surface area contributed by atoms with Gasteiger partial charge in [-0.05, 0) is 32.1 Å². The van der Waals surface area contributed by atoms with E-state index in [1.807, 2.05) is 0 Å². The number of unbranched alkanes of at least 4 members (excludes halogenated alkanes) is 3.